The van der Waals surface area contributed by atoms with Gasteiger partial charge in [0.1, 0.15) is 11.0 Å². The van der Waals surface area contributed by atoms with E-state index in [1.165, 1.54) is 0 Å². The number of unbranched alkanes of at least 4 members (excludes halogenated alkanes) is 1. The fourth-order valence-corrected chi connectivity index (χ4v) is 6.31. The molecule has 0 spiro atoms. The molecule has 2 aromatic rings. The largest absolute Gasteiger partial charge is 0.480 e. The van der Waals surface area contributed by atoms with Crippen LogP contribution in [0.3, 0.4) is 0 Å². The average molecular weight is 538 g/mol. The number of amides is 1. The van der Waals surface area contributed by atoms with Crippen LogP contribution in [0.1, 0.15) is 44.3 Å². The van der Waals surface area contributed by atoms with Gasteiger partial charge in [0.15, 0.2) is 6.29 Å². The summed E-state index contributed by atoms with van der Waals surface area (Å²) in [6.07, 6.45) is 4.19. The second kappa shape index (κ2) is 12.5. The molecule has 3 rings (SSSR count). The van der Waals surface area contributed by atoms with E-state index in [4.69, 9.17) is 0 Å². The molecule has 1 amide bonds. The van der Waals surface area contributed by atoms with Crippen molar-refractivity contribution in [2.45, 2.75) is 57.3 Å². The van der Waals surface area contributed by atoms with E-state index in [0.29, 0.717) is 22.6 Å². The second-order valence-corrected chi connectivity index (χ2v) is 11.2. The van der Waals surface area contributed by atoms with Crippen LogP contribution in [0.15, 0.2) is 22.0 Å². The fourth-order valence-electron chi connectivity index (χ4n) is 3.87. The normalized spacial score (nSPS) is 16.2. The summed E-state index contributed by atoms with van der Waals surface area (Å²) >= 11 is 1.12. The minimum Gasteiger partial charge on any atom is -0.480 e. The van der Waals surface area contributed by atoms with Crippen LogP contribution in [0.4, 0.5) is 0 Å². The van der Waals surface area contributed by atoms with Crippen molar-refractivity contribution < 1.29 is 23.1 Å². The maximum absolute atomic E-state index is 12.9. The number of nitrogens with one attached hydrogen (secondary N) is 4. The van der Waals surface area contributed by atoms with Gasteiger partial charge in [0.25, 0.3) is 5.91 Å². The van der Waals surface area contributed by atoms with Gasteiger partial charge in [0, 0.05) is 25.7 Å². The first-order valence-corrected chi connectivity index (χ1v) is 13.8. The lowest BCUT2D eigenvalue weighted by Gasteiger charge is -2.18. The number of benzene rings is 1. The molecule has 1 aliphatic heterocycles. The minimum absolute atomic E-state index is 0.0295. The number of aliphatic imine (C=N–C) groups is 1. The Labute approximate surface area is 214 Å². The van der Waals surface area contributed by atoms with Crippen molar-refractivity contribution in [2.24, 2.45) is 4.99 Å². The van der Waals surface area contributed by atoms with Crippen LogP contribution in [0.5, 0.6) is 0 Å². The van der Waals surface area contributed by atoms with Gasteiger partial charge in [-0.15, -0.1) is 10.2 Å². The summed E-state index contributed by atoms with van der Waals surface area (Å²) in [4.78, 5) is 28.5. The molecular weight excluding hydrogens is 506 g/mol. The topological polar surface area (TPSA) is 175 Å². The van der Waals surface area contributed by atoms with E-state index in [9.17, 15) is 23.1 Å². The Bertz CT molecular complexity index is 1210. The number of carbonyl (C=O) groups excluding carboxylic acids is 1. The number of rotatable bonds is 13. The first-order chi connectivity index (χ1) is 17.1. The predicted octanol–water partition coefficient (Wildman–Crippen LogP) is 0.495. The monoisotopic (exact) mass is 537 g/mol. The third-order valence-corrected chi connectivity index (χ3v) is 8.17. The van der Waals surface area contributed by atoms with Crippen molar-refractivity contribution in [1.82, 2.24) is 30.9 Å². The van der Waals surface area contributed by atoms with Crippen molar-refractivity contribution in [3.63, 3.8) is 0 Å². The van der Waals surface area contributed by atoms with Crippen LogP contribution < -0.4 is 20.7 Å². The van der Waals surface area contributed by atoms with Gasteiger partial charge in [0.05, 0.1) is 4.90 Å². The van der Waals surface area contributed by atoms with Gasteiger partial charge in [-0.3, -0.25) is 25.2 Å². The highest BCUT2D eigenvalue weighted by molar-refractivity contribution is 7.89. The Morgan fingerprint density at radius 1 is 1.19 bits per heavy atom. The zero-order valence-corrected chi connectivity index (χ0v) is 22.0. The molecule has 1 aromatic heterocycles. The number of carboxylic acid groups (broad SMARTS) is 1. The summed E-state index contributed by atoms with van der Waals surface area (Å²) < 4.78 is 28.0. The zero-order chi connectivity index (χ0) is 26.3. The van der Waals surface area contributed by atoms with E-state index in [2.05, 4.69) is 35.9 Å². The lowest BCUT2D eigenvalue weighted by molar-refractivity contribution is -0.138. The summed E-state index contributed by atoms with van der Waals surface area (Å²) in [7, 11) is -4.14. The summed E-state index contributed by atoms with van der Waals surface area (Å²) in [6.45, 7) is 6.25. The Balaban J connectivity index is 1.51. The van der Waals surface area contributed by atoms with E-state index < -0.39 is 34.5 Å². The fraction of sp³-hybridized carbons (Fsp3) is 0.500. The van der Waals surface area contributed by atoms with Crippen molar-refractivity contribution in [2.75, 3.05) is 19.6 Å². The third-order valence-electron chi connectivity index (χ3n) is 5.41. The number of hydrogen-bond donors (Lipinski definition) is 5. The van der Waals surface area contributed by atoms with E-state index in [1.54, 1.807) is 26.0 Å². The van der Waals surface area contributed by atoms with Crippen molar-refractivity contribution in [1.29, 1.82) is 0 Å². The molecule has 0 saturated carbocycles. The number of aliphatic carboxylic acids is 1. The van der Waals surface area contributed by atoms with Gasteiger partial charge < -0.3 is 10.4 Å². The first kappa shape index (κ1) is 27.8. The number of nitrogens with zero attached hydrogens (tertiary/aromatic N) is 3. The molecule has 0 radical (unpaired) electrons. The lowest BCUT2D eigenvalue weighted by Crippen LogP contribution is -2.48. The quantitative estimate of drug-likeness (QED) is 0.228. The number of sulfonamides is 1. The predicted molar refractivity (Wildman–Crippen MR) is 136 cm³/mol. The van der Waals surface area contributed by atoms with E-state index in [-0.39, 0.29) is 16.2 Å². The maximum atomic E-state index is 12.9. The molecular formula is C22H31N7O5S2. The summed E-state index contributed by atoms with van der Waals surface area (Å²) in [5.41, 5.74) is 1.92. The molecule has 1 aliphatic rings. The minimum atomic E-state index is -4.14. The highest BCUT2D eigenvalue weighted by Gasteiger charge is 2.28. The summed E-state index contributed by atoms with van der Waals surface area (Å²) in [6, 6.07) is 1.87. The molecule has 36 heavy (non-hydrogen) atoms. The molecule has 0 fully saturated rings. The van der Waals surface area contributed by atoms with E-state index in [1.807, 2.05) is 13.1 Å². The SMILES string of the molecule is Cc1cc(C)c(S(=O)(=O)NC(CNC(=O)c2nnc(CCCCN[C@@H]3N=CCN3)s2)C(=O)O)c(C)c1. The average Bonchev–Trinajstić information content (AvgIpc) is 3.47. The molecule has 2 heterocycles. The Morgan fingerprint density at radius 2 is 1.92 bits per heavy atom. The lowest BCUT2D eigenvalue weighted by atomic mass is 10.1. The molecule has 12 nitrogen and oxygen atoms in total. The van der Waals surface area contributed by atoms with Gasteiger partial charge in [-0.25, -0.2) is 8.42 Å². The van der Waals surface area contributed by atoms with Crippen molar-refractivity contribution in [3.8, 4) is 0 Å². The van der Waals surface area contributed by atoms with Gasteiger partial charge >= 0.3 is 5.97 Å². The molecule has 0 aliphatic carbocycles. The third kappa shape index (κ3) is 7.61. The number of aromatic nitrogens is 2. The zero-order valence-electron chi connectivity index (χ0n) is 20.4. The molecule has 5 N–H and O–H groups in total. The number of carbonyl (C=O) groups is 2. The van der Waals surface area contributed by atoms with Crippen LogP contribution in [-0.4, -0.2) is 73.8 Å². The Hall–Kier alpha value is -2.78. The van der Waals surface area contributed by atoms with Crippen molar-refractivity contribution in [3.05, 3.63) is 38.8 Å². The standard InChI is InChI=1S/C22H31N7O5S2/c1-13-10-14(2)18(15(3)11-13)36(33,34)29-16(21(31)32)12-26-19(30)20-28-27-17(35-20)6-4-5-7-23-22-24-8-9-25-22/h8,10-11,16,22-23,25,29H,4-7,9,12H2,1-3H3,(H,26,30)(H,31,32)/t16?,22-/m1/s1. The van der Waals surface area contributed by atoms with Crippen LogP contribution in [0.2, 0.25) is 0 Å². The number of aryl methyl sites for hydroxylation is 4. The van der Waals surface area contributed by atoms with Crippen LogP contribution in [0, 0.1) is 20.8 Å². The molecule has 1 unspecified atom stereocenters. The van der Waals surface area contributed by atoms with Gasteiger partial charge in [-0.05, 0) is 51.3 Å². The number of hydrogen-bond acceptors (Lipinski definition) is 10. The van der Waals surface area contributed by atoms with Crippen LogP contribution >= 0.6 is 11.3 Å². The molecule has 0 saturated heterocycles. The smallest absolute Gasteiger partial charge is 0.323 e. The first-order valence-electron chi connectivity index (χ1n) is 11.5. The van der Waals surface area contributed by atoms with E-state index >= 15 is 0 Å². The molecule has 1 aromatic carbocycles. The molecule has 196 valence electrons. The highest BCUT2D eigenvalue weighted by Crippen LogP contribution is 2.22. The van der Waals surface area contributed by atoms with Gasteiger partial charge in [0.2, 0.25) is 15.0 Å². The van der Waals surface area contributed by atoms with E-state index in [0.717, 1.165) is 42.8 Å². The summed E-state index contributed by atoms with van der Waals surface area (Å²) in [5.74, 6) is -2.02. The van der Waals surface area contributed by atoms with Crippen molar-refractivity contribution >= 4 is 39.5 Å². The Kier molecular flexibility index (Phi) is 9.62. The Morgan fingerprint density at radius 3 is 2.56 bits per heavy atom. The van der Waals surface area contributed by atoms with Gasteiger partial charge in [-0.2, -0.15) is 4.72 Å². The second-order valence-electron chi connectivity index (χ2n) is 8.50. The van der Waals surface area contributed by atoms with Crippen LogP contribution in [-0.2, 0) is 21.2 Å². The molecule has 2 atom stereocenters. The van der Waals surface area contributed by atoms with Crippen LogP contribution in [0.25, 0.3) is 0 Å². The number of carboxylic acids is 1. The maximum Gasteiger partial charge on any atom is 0.323 e. The van der Waals surface area contributed by atoms with Gasteiger partial charge in [-0.1, -0.05) is 29.0 Å². The highest BCUT2D eigenvalue weighted by atomic mass is 32.2. The molecule has 0 bridgehead atoms. The molecule has 14 heteroatoms. The summed E-state index contributed by atoms with van der Waals surface area (Å²) in [5, 5.41) is 27.1.